The molecule has 4 nitrogen and oxygen atoms in total. The molecular formula is C21H17ClN2O2. The van der Waals surface area contributed by atoms with Gasteiger partial charge in [-0.1, -0.05) is 72.4 Å². The number of nitrogens with zero attached hydrogens (tertiary/aromatic N) is 2. The van der Waals surface area contributed by atoms with Gasteiger partial charge in [0.2, 0.25) is 0 Å². The van der Waals surface area contributed by atoms with E-state index >= 15 is 0 Å². The first-order valence-electron chi connectivity index (χ1n) is 7.93. The van der Waals surface area contributed by atoms with Crippen molar-refractivity contribution in [2.24, 2.45) is 0 Å². The first-order chi connectivity index (χ1) is 12.6. The highest BCUT2D eigenvalue weighted by molar-refractivity contribution is 6.31. The summed E-state index contributed by atoms with van der Waals surface area (Å²) in [5, 5.41) is 15.6. The lowest BCUT2D eigenvalue weighted by molar-refractivity contribution is 0.218. The van der Waals surface area contributed by atoms with Crippen LogP contribution in [-0.2, 0) is 0 Å². The minimum Gasteiger partial charge on any atom is -0.383 e. The summed E-state index contributed by atoms with van der Waals surface area (Å²) in [6.07, 6.45) is 5.38. The van der Waals surface area contributed by atoms with Gasteiger partial charge < -0.3 is 9.63 Å². The standard InChI is InChI=1S/C21H17ClN2O2/c1-3-17(22)12-14(2)21-18(20(25)16-10-7-11-23-13-16)19(24-26-21)15-8-5-4-6-9-15/h3-13,20,25H,1-2H2/b17-12+. The van der Waals surface area contributed by atoms with Crippen LogP contribution >= 0.6 is 11.6 Å². The number of aliphatic hydroxyl groups is 1. The molecule has 1 N–H and O–H groups in total. The largest absolute Gasteiger partial charge is 0.383 e. The van der Waals surface area contributed by atoms with Crippen LogP contribution < -0.4 is 0 Å². The third-order valence-electron chi connectivity index (χ3n) is 3.85. The normalized spacial score (nSPS) is 12.6. The maximum atomic E-state index is 11.0. The summed E-state index contributed by atoms with van der Waals surface area (Å²) in [4.78, 5) is 4.07. The van der Waals surface area contributed by atoms with Crippen molar-refractivity contribution in [1.82, 2.24) is 10.1 Å². The van der Waals surface area contributed by atoms with Gasteiger partial charge in [-0.25, -0.2) is 0 Å². The Morgan fingerprint density at radius 2 is 1.96 bits per heavy atom. The molecule has 3 aromatic rings. The molecule has 26 heavy (non-hydrogen) atoms. The van der Waals surface area contributed by atoms with Crippen molar-refractivity contribution in [3.05, 3.63) is 102 Å². The zero-order chi connectivity index (χ0) is 18.5. The number of halogens is 1. The smallest absolute Gasteiger partial charge is 0.173 e. The first kappa shape index (κ1) is 17.9. The molecule has 5 heteroatoms. The fourth-order valence-corrected chi connectivity index (χ4v) is 2.71. The van der Waals surface area contributed by atoms with Crippen LogP contribution in [-0.4, -0.2) is 15.2 Å². The van der Waals surface area contributed by atoms with Gasteiger partial charge >= 0.3 is 0 Å². The summed E-state index contributed by atoms with van der Waals surface area (Å²) in [5.74, 6) is 0.361. The lowest BCUT2D eigenvalue weighted by Gasteiger charge is -2.12. The van der Waals surface area contributed by atoms with Crippen LogP contribution in [0.25, 0.3) is 16.8 Å². The number of aliphatic hydroxyl groups excluding tert-OH is 1. The van der Waals surface area contributed by atoms with Crippen molar-refractivity contribution in [3.8, 4) is 11.3 Å². The predicted octanol–water partition coefficient (Wildman–Crippen LogP) is 5.14. The Balaban J connectivity index is 2.16. The van der Waals surface area contributed by atoms with Crippen molar-refractivity contribution >= 4 is 17.2 Å². The summed E-state index contributed by atoms with van der Waals surface area (Å²) in [5.41, 5.74) is 3.00. The van der Waals surface area contributed by atoms with E-state index in [0.717, 1.165) is 5.56 Å². The van der Waals surface area contributed by atoms with E-state index in [9.17, 15) is 5.11 Å². The van der Waals surface area contributed by atoms with E-state index < -0.39 is 6.10 Å². The van der Waals surface area contributed by atoms with Crippen molar-refractivity contribution in [3.63, 3.8) is 0 Å². The Labute approximate surface area is 156 Å². The topological polar surface area (TPSA) is 59.2 Å². The van der Waals surface area contributed by atoms with Gasteiger partial charge in [0.25, 0.3) is 0 Å². The van der Waals surface area contributed by atoms with Crippen LogP contribution in [0.3, 0.4) is 0 Å². The van der Waals surface area contributed by atoms with Crippen molar-refractivity contribution < 1.29 is 9.63 Å². The average molecular weight is 365 g/mol. The van der Waals surface area contributed by atoms with E-state index in [4.69, 9.17) is 16.1 Å². The fourth-order valence-electron chi connectivity index (χ4n) is 2.58. The zero-order valence-corrected chi connectivity index (χ0v) is 14.7. The predicted molar refractivity (Wildman–Crippen MR) is 103 cm³/mol. The van der Waals surface area contributed by atoms with Crippen LogP contribution in [0.2, 0.25) is 0 Å². The summed E-state index contributed by atoms with van der Waals surface area (Å²) in [7, 11) is 0. The Morgan fingerprint density at radius 3 is 2.62 bits per heavy atom. The molecule has 0 aliphatic rings. The molecule has 1 aromatic carbocycles. The number of allylic oxidation sites excluding steroid dienone is 4. The molecule has 0 saturated carbocycles. The van der Waals surface area contributed by atoms with E-state index in [-0.39, 0.29) is 0 Å². The lowest BCUT2D eigenvalue weighted by Crippen LogP contribution is -2.03. The molecule has 0 aliphatic carbocycles. The molecule has 0 bridgehead atoms. The van der Waals surface area contributed by atoms with Gasteiger partial charge in [-0.05, 0) is 12.1 Å². The molecule has 0 saturated heterocycles. The van der Waals surface area contributed by atoms with Crippen molar-refractivity contribution in [1.29, 1.82) is 0 Å². The molecule has 0 aliphatic heterocycles. The van der Waals surface area contributed by atoms with Crippen LogP contribution in [0, 0.1) is 0 Å². The second-order valence-electron chi connectivity index (χ2n) is 5.59. The van der Waals surface area contributed by atoms with E-state index in [2.05, 4.69) is 23.3 Å². The highest BCUT2D eigenvalue weighted by Crippen LogP contribution is 2.37. The average Bonchev–Trinajstić information content (AvgIpc) is 3.13. The SMILES string of the molecule is C=C/C(Cl)=C\C(=C)c1onc(-c2ccccc2)c1C(O)c1cccnc1. The van der Waals surface area contributed by atoms with Gasteiger partial charge in [0.1, 0.15) is 11.8 Å². The second-order valence-corrected chi connectivity index (χ2v) is 6.02. The van der Waals surface area contributed by atoms with Gasteiger partial charge in [0.15, 0.2) is 5.76 Å². The fraction of sp³-hybridized carbons (Fsp3) is 0.0476. The first-order valence-corrected chi connectivity index (χ1v) is 8.31. The summed E-state index contributed by atoms with van der Waals surface area (Å²) in [6.45, 7) is 7.61. The molecule has 0 amide bonds. The highest BCUT2D eigenvalue weighted by atomic mass is 35.5. The van der Waals surface area contributed by atoms with E-state index in [1.165, 1.54) is 6.08 Å². The van der Waals surface area contributed by atoms with E-state index in [1.54, 1.807) is 30.6 Å². The molecule has 0 spiro atoms. The summed E-state index contributed by atoms with van der Waals surface area (Å²) < 4.78 is 5.53. The summed E-state index contributed by atoms with van der Waals surface area (Å²) in [6, 6.07) is 13.1. The van der Waals surface area contributed by atoms with E-state index in [1.807, 2.05) is 30.3 Å². The van der Waals surface area contributed by atoms with Gasteiger partial charge in [0.05, 0.1) is 5.56 Å². The molecule has 130 valence electrons. The van der Waals surface area contributed by atoms with Crippen molar-refractivity contribution in [2.75, 3.05) is 0 Å². The maximum absolute atomic E-state index is 11.0. The third-order valence-corrected chi connectivity index (χ3v) is 4.11. The number of pyridine rings is 1. The van der Waals surface area contributed by atoms with Gasteiger partial charge in [-0.15, -0.1) is 0 Å². The minimum absolute atomic E-state index is 0.361. The summed E-state index contributed by atoms with van der Waals surface area (Å²) >= 11 is 6.03. The number of benzene rings is 1. The molecular weight excluding hydrogens is 348 g/mol. The maximum Gasteiger partial charge on any atom is 0.173 e. The molecule has 1 atom stereocenters. The third kappa shape index (κ3) is 3.67. The Bertz CT molecular complexity index is 947. The van der Waals surface area contributed by atoms with Crippen LogP contribution in [0.1, 0.15) is 23.0 Å². The zero-order valence-electron chi connectivity index (χ0n) is 14.0. The molecule has 3 rings (SSSR count). The molecule has 0 radical (unpaired) electrons. The highest BCUT2D eigenvalue weighted by Gasteiger charge is 2.26. The minimum atomic E-state index is -0.979. The molecule has 2 aromatic heterocycles. The Kier molecular flexibility index (Phi) is 5.46. The Hall–Kier alpha value is -2.95. The van der Waals surface area contributed by atoms with Crippen LogP contribution in [0.5, 0.6) is 0 Å². The van der Waals surface area contributed by atoms with Crippen molar-refractivity contribution in [2.45, 2.75) is 6.10 Å². The molecule has 1 unspecified atom stereocenters. The van der Waals surface area contributed by atoms with Gasteiger partial charge in [-0.2, -0.15) is 0 Å². The lowest BCUT2D eigenvalue weighted by atomic mass is 9.95. The number of hydrogen-bond donors (Lipinski definition) is 1. The Morgan fingerprint density at radius 1 is 1.19 bits per heavy atom. The number of hydrogen-bond acceptors (Lipinski definition) is 4. The van der Waals surface area contributed by atoms with Gasteiger partial charge in [-0.3, -0.25) is 4.98 Å². The van der Waals surface area contributed by atoms with Gasteiger partial charge in [0, 0.05) is 34.1 Å². The van der Waals surface area contributed by atoms with Crippen LogP contribution in [0.15, 0.2) is 89.7 Å². The number of aromatic nitrogens is 2. The molecule has 2 heterocycles. The van der Waals surface area contributed by atoms with E-state index in [0.29, 0.717) is 33.2 Å². The number of rotatable bonds is 6. The second kappa shape index (κ2) is 7.95. The molecule has 0 fully saturated rings. The monoisotopic (exact) mass is 364 g/mol. The van der Waals surface area contributed by atoms with Crippen LogP contribution in [0.4, 0.5) is 0 Å². The quantitative estimate of drug-likeness (QED) is 0.615.